The van der Waals surface area contributed by atoms with Crippen LogP contribution in [0.1, 0.15) is 23.7 Å². The number of nitrogens with zero attached hydrogens (tertiary/aromatic N) is 1. The highest BCUT2D eigenvalue weighted by atomic mass is 32.2. The summed E-state index contributed by atoms with van der Waals surface area (Å²) in [6.07, 6.45) is 0.419. The Hall–Kier alpha value is -1.51. The van der Waals surface area contributed by atoms with Crippen molar-refractivity contribution in [2.24, 2.45) is 0 Å². The molecule has 1 fully saturated rings. The SMILES string of the molecule is CCC1(O)CN(S(=O)(=O)c2ccc(F)c(C(=O)O)c2)C1. The van der Waals surface area contributed by atoms with Gasteiger partial charge in [-0.05, 0) is 24.6 Å². The van der Waals surface area contributed by atoms with Crippen molar-refractivity contribution in [2.45, 2.75) is 23.8 Å². The largest absolute Gasteiger partial charge is 0.478 e. The number of carbonyl (C=O) groups is 1. The maximum atomic E-state index is 13.3. The van der Waals surface area contributed by atoms with E-state index in [9.17, 15) is 22.7 Å². The van der Waals surface area contributed by atoms with Crippen molar-refractivity contribution < 1.29 is 27.8 Å². The average molecular weight is 303 g/mol. The number of hydrogen-bond donors (Lipinski definition) is 2. The van der Waals surface area contributed by atoms with Crippen LogP contribution in [0, 0.1) is 5.82 Å². The number of halogens is 1. The first kappa shape index (κ1) is 14.9. The maximum Gasteiger partial charge on any atom is 0.338 e. The normalized spacial score (nSPS) is 18.6. The van der Waals surface area contributed by atoms with Crippen LogP contribution in [0.15, 0.2) is 23.1 Å². The van der Waals surface area contributed by atoms with Gasteiger partial charge in [0.1, 0.15) is 5.82 Å². The number of β-amino-alcohol motifs (C(OH)–C–C–N with tert-alkyl or cyclic N) is 1. The van der Waals surface area contributed by atoms with Gasteiger partial charge in [0.2, 0.25) is 10.0 Å². The van der Waals surface area contributed by atoms with Crippen molar-refractivity contribution >= 4 is 16.0 Å². The van der Waals surface area contributed by atoms with Gasteiger partial charge in [-0.25, -0.2) is 17.6 Å². The van der Waals surface area contributed by atoms with Crippen molar-refractivity contribution in [2.75, 3.05) is 13.1 Å². The lowest BCUT2D eigenvalue weighted by Gasteiger charge is -2.44. The van der Waals surface area contributed by atoms with Gasteiger partial charge in [-0.1, -0.05) is 6.92 Å². The highest BCUT2D eigenvalue weighted by Gasteiger charge is 2.46. The lowest BCUT2D eigenvalue weighted by atomic mass is 9.94. The molecule has 1 aliphatic rings. The van der Waals surface area contributed by atoms with Crippen molar-refractivity contribution in [1.82, 2.24) is 4.31 Å². The molecule has 0 aliphatic carbocycles. The zero-order valence-electron chi connectivity index (χ0n) is 10.7. The molecule has 1 aromatic rings. The smallest absolute Gasteiger partial charge is 0.338 e. The highest BCUT2D eigenvalue weighted by molar-refractivity contribution is 7.89. The van der Waals surface area contributed by atoms with E-state index in [-0.39, 0.29) is 18.0 Å². The van der Waals surface area contributed by atoms with Gasteiger partial charge in [-0.3, -0.25) is 0 Å². The van der Waals surface area contributed by atoms with E-state index in [1.165, 1.54) is 0 Å². The molecule has 0 atom stereocenters. The van der Waals surface area contributed by atoms with Gasteiger partial charge in [0, 0.05) is 13.1 Å². The van der Waals surface area contributed by atoms with Gasteiger partial charge in [-0.15, -0.1) is 0 Å². The number of aromatic carboxylic acids is 1. The van der Waals surface area contributed by atoms with Gasteiger partial charge in [0.15, 0.2) is 0 Å². The number of rotatable bonds is 4. The molecular formula is C12H14FNO5S. The Labute approximate surface area is 115 Å². The molecule has 20 heavy (non-hydrogen) atoms. The Morgan fingerprint density at radius 2 is 2.05 bits per heavy atom. The summed E-state index contributed by atoms with van der Waals surface area (Å²) in [5.74, 6) is -2.53. The lowest BCUT2D eigenvalue weighted by molar-refractivity contribution is -0.0613. The van der Waals surface area contributed by atoms with Crippen LogP contribution in [-0.2, 0) is 10.0 Å². The topological polar surface area (TPSA) is 94.9 Å². The van der Waals surface area contributed by atoms with E-state index in [1.807, 2.05) is 0 Å². The molecule has 0 bridgehead atoms. The second-order valence-corrected chi connectivity index (χ2v) is 6.74. The number of carboxylic acid groups (broad SMARTS) is 1. The summed E-state index contributed by atoms with van der Waals surface area (Å²) < 4.78 is 38.7. The zero-order valence-corrected chi connectivity index (χ0v) is 11.5. The molecule has 0 amide bonds. The van der Waals surface area contributed by atoms with Gasteiger partial charge in [0.25, 0.3) is 0 Å². The van der Waals surface area contributed by atoms with E-state index in [0.29, 0.717) is 6.42 Å². The minimum absolute atomic E-state index is 0.0500. The minimum Gasteiger partial charge on any atom is -0.478 e. The molecule has 2 rings (SSSR count). The first-order valence-corrected chi connectivity index (χ1v) is 7.39. The highest BCUT2D eigenvalue weighted by Crippen LogP contribution is 2.30. The molecule has 0 saturated carbocycles. The molecular weight excluding hydrogens is 289 g/mol. The molecule has 1 heterocycles. The van der Waals surface area contributed by atoms with Crippen molar-refractivity contribution in [1.29, 1.82) is 0 Å². The number of sulfonamides is 1. The molecule has 1 aliphatic heterocycles. The first-order chi connectivity index (χ1) is 9.19. The van der Waals surface area contributed by atoms with E-state index < -0.39 is 33.0 Å². The van der Waals surface area contributed by atoms with Gasteiger partial charge in [0.05, 0.1) is 16.1 Å². The summed E-state index contributed by atoms with van der Waals surface area (Å²) in [6.45, 7) is 1.64. The van der Waals surface area contributed by atoms with Crippen LogP contribution in [0.3, 0.4) is 0 Å². The van der Waals surface area contributed by atoms with E-state index in [2.05, 4.69) is 0 Å². The minimum atomic E-state index is -3.91. The number of hydrogen-bond acceptors (Lipinski definition) is 4. The average Bonchev–Trinajstić information content (AvgIpc) is 2.34. The molecule has 110 valence electrons. The van der Waals surface area contributed by atoms with Crippen molar-refractivity contribution in [3.8, 4) is 0 Å². The second kappa shape index (κ2) is 4.80. The summed E-state index contributed by atoms with van der Waals surface area (Å²) in [4.78, 5) is 10.5. The Morgan fingerprint density at radius 3 is 2.55 bits per heavy atom. The number of carboxylic acids is 1. The molecule has 0 radical (unpaired) electrons. The van der Waals surface area contributed by atoms with E-state index in [4.69, 9.17) is 5.11 Å². The van der Waals surface area contributed by atoms with Crippen molar-refractivity contribution in [3.05, 3.63) is 29.6 Å². The number of benzene rings is 1. The third kappa shape index (κ3) is 2.41. The Morgan fingerprint density at radius 1 is 1.45 bits per heavy atom. The van der Waals surface area contributed by atoms with Crippen LogP contribution in [0.2, 0.25) is 0 Å². The fourth-order valence-electron chi connectivity index (χ4n) is 1.98. The number of aliphatic hydroxyl groups is 1. The van der Waals surface area contributed by atoms with E-state index >= 15 is 0 Å². The van der Waals surface area contributed by atoms with Gasteiger partial charge in [-0.2, -0.15) is 4.31 Å². The third-order valence-corrected chi connectivity index (χ3v) is 5.19. The first-order valence-electron chi connectivity index (χ1n) is 5.95. The molecule has 8 heteroatoms. The predicted octanol–water partition coefficient (Wildman–Crippen LogP) is 0.669. The summed E-state index contributed by atoms with van der Waals surface area (Å²) >= 11 is 0. The Bertz CT molecular complexity index is 652. The molecule has 2 N–H and O–H groups in total. The molecule has 0 unspecified atom stereocenters. The van der Waals surface area contributed by atoms with Crippen LogP contribution in [0.4, 0.5) is 4.39 Å². The van der Waals surface area contributed by atoms with Crippen LogP contribution in [0.5, 0.6) is 0 Å². The summed E-state index contributed by atoms with van der Waals surface area (Å²) in [5.41, 5.74) is -1.74. The summed E-state index contributed by atoms with van der Waals surface area (Å²) in [6, 6.07) is 2.61. The van der Waals surface area contributed by atoms with E-state index in [1.54, 1.807) is 6.92 Å². The molecule has 1 aromatic carbocycles. The molecule has 0 spiro atoms. The Balaban J connectivity index is 2.32. The second-order valence-electron chi connectivity index (χ2n) is 4.80. The lowest BCUT2D eigenvalue weighted by Crippen LogP contribution is -2.62. The monoisotopic (exact) mass is 303 g/mol. The third-order valence-electron chi connectivity index (χ3n) is 3.41. The quantitative estimate of drug-likeness (QED) is 0.852. The van der Waals surface area contributed by atoms with E-state index in [0.717, 1.165) is 22.5 Å². The molecule has 6 nitrogen and oxygen atoms in total. The maximum absolute atomic E-state index is 13.3. The fraction of sp³-hybridized carbons (Fsp3) is 0.417. The van der Waals surface area contributed by atoms with Gasteiger partial charge < -0.3 is 10.2 Å². The predicted molar refractivity (Wildman–Crippen MR) is 67.4 cm³/mol. The molecule has 0 aromatic heterocycles. The van der Waals surface area contributed by atoms with Crippen LogP contribution >= 0.6 is 0 Å². The fourth-order valence-corrected chi connectivity index (χ4v) is 3.61. The van der Waals surface area contributed by atoms with Gasteiger partial charge >= 0.3 is 5.97 Å². The van der Waals surface area contributed by atoms with Crippen LogP contribution < -0.4 is 0 Å². The summed E-state index contributed by atoms with van der Waals surface area (Å²) in [7, 11) is -3.91. The molecule has 1 saturated heterocycles. The van der Waals surface area contributed by atoms with Crippen LogP contribution in [0.25, 0.3) is 0 Å². The van der Waals surface area contributed by atoms with Crippen molar-refractivity contribution in [3.63, 3.8) is 0 Å². The van der Waals surface area contributed by atoms with Crippen LogP contribution in [-0.4, -0.2) is 47.6 Å². The Kier molecular flexibility index (Phi) is 3.57. The zero-order chi connectivity index (χ0) is 15.1. The standard InChI is InChI=1S/C12H14FNO5S/c1-2-12(17)6-14(7-12)20(18,19)8-3-4-10(13)9(5-8)11(15)16/h3-5,17H,2,6-7H2,1H3,(H,15,16). The summed E-state index contributed by atoms with van der Waals surface area (Å²) in [5, 5.41) is 18.6.